The molecule has 1 heterocycles. The third kappa shape index (κ3) is 3.89. The summed E-state index contributed by atoms with van der Waals surface area (Å²) in [6, 6.07) is 7.19. The lowest BCUT2D eigenvalue weighted by Crippen LogP contribution is -2.06. The first-order valence-corrected chi connectivity index (χ1v) is 6.52. The van der Waals surface area contributed by atoms with Crippen LogP contribution in [0, 0.1) is 5.92 Å². The molecule has 0 aliphatic carbocycles. The Balaban J connectivity index is 2.09. The van der Waals surface area contributed by atoms with Crippen LogP contribution in [-0.4, -0.2) is 15.9 Å². The lowest BCUT2D eigenvalue weighted by molar-refractivity contribution is -0.119. The van der Waals surface area contributed by atoms with Crippen molar-refractivity contribution >= 4 is 17.4 Å². The number of aromatic nitrogens is 2. The van der Waals surface area contributed by atoms with Crippen LogP contribution in [0.25, 0.3) is 11.4 Å². The van der Waals surface area contributed by atoms with Gasteiger partial charge in [0.15, 0.2) is 0 Å². The summed E-state index contributed by atoms with van der Waals surface area (Å²) >= 11 is 5.90. The molecule has 0 unspecified atom stereocenters. The molecule has 100 valence electrons. The molecule has 19 heavy (non-hydrogen) atoms. The van der Waals surface area contributed by atoms with Crippen molar-refractivity contribution in [3.63, 3.8) is 0 Å². The Hall–Kier alpha value is -1.68. The van der Waals surface area contributed by atoms with E-state index in [4.69, 9.17) is 16.1 Å². The van der Waals surface area contributed by atoms with Gasteiger partial charge in [0.2, 0.25) is 11.7 Å². The second kappa shape index (κ2) is 5.97. The predicted octanol–water partition coefficient (Wildman–Crippen LogP) is 3.55. The Labute approximate surface area is 116 Å². The van der Waals surface area contributed by atoms with Gasteiger partial charge in [0.25, 0.3) is 0 Å². The molecule has 2 rings (SSSR count). The zero-order valence-corrected chi connectivity index (χ0v) is 11.6. The molecule has 0 fully saturated rings. The maximum atomic E-state index is 11.7. The number of carbonyl (C=O) groups is 1. The highest BCUT2D eigenvalue weighted by Crippen LogP contribution is 2.20. The number of carbonyl (C=O) groups excluding carboxylic acids is 1. The number of hydrogen-bond donors (Lipinski definition) is 0. The van der Waals surface area contributed by atoms with Gasteiger partial charge in [0, 0.05) is 17.0 Å². The first-order chi connectivity index (χ1) is 9.04. The quantitative estimate of drug-likeness (QED) is 0.839. The standard InChI is InChI=1S/C14H15ClN2O2/c1-9(2)6-12(18)8-13-16-14(17-19-13)10-4-3-5-11(15)7-10/h3-5,7,9H,6,8H2,1-2H3. The molecule has 0 saturated carbocycles. The molecule has 2 aromatic rings. The van der Waals surface area contributed by atoms with E-state index >= 15 is 0 Å². The molecule has 1 aromatic carbocycles. The monoisotopic (exact) mass is 278 g/mol. The third-order valence-corrected chi connectivity index (χ3v) is 2.77. The zero-order chi connectivity index (χ0) is 13.8. The Morgan fingerprint density at radius 3 is 2.89 bits per heavy atom. The van der Waals surface area contributed by atoms with Crippen LogP contribution in [0.3, 0.4) is 0 Å². The molecule has 0 saturated heterocycles. The number of Topliss-reactive ketones (excluding diaryl/α,β-unsaturated/α-hetero) is 1. The fourth-order valence-corrected chi connectivity index (χ4v) is 1.96. The highest BCUT2D eigenvalue weighted by Gasteiger charge is 2.13. The van der Waals surface area contributed by atoms with Crippen LogP contribution in [0.5, 0.6) is 0 Å². The molecule has 0 aliphatic heterocycles. The third-order valence-electron chi connectivity index (χ3n) is 2.54. The van der Waals surface area contributed by atoms with E-state index < -0.39 is 0 Å². The normalized spacial score (nSPS) is 10.9. The lowest BCUT2D eigenvalue weighted by Gasteiger charge is -2.00. The first-order valence-electron chi connectivity index (χ1n) is 6.15. The van der Waals surface area contributed by atoms with E-state index in [0.717, 1.165) is 5.56 Å². The summed E-state index contributed by atoms with van der Waals surface area (Å²) in [5.41, 5.74) is 0.777. The van der Waals surface area contributed by atoms with E-state index in [1.54, 1.807) is 12.1 Å². The number of ketones is 1. The number of benzene rings is 1. The van der Waals surface area contributed by atoms with Gasteiger partial charge in [-0.05, 0) is 18.1 Å². The van der Waals surface area contributed by atoms with Crippen LogP contribution >= 0.6 is 11.6 Å². The second-order valence-corrected chi connectivity index (χ2v) is 5.27. The fraction of sp³-hybridized carbons (Fsp3) is 0.357. The zero-order valence-electron chi connectivity index (χ0n) is 10.9. The molecule has 0 spiro atoms. The van der Waals surface area contributed by atoms with Crippen LogP contribution in [0.15, 0.2) is 28.8 Å². The Kier molecular flexibility index (Phi) is 4.32. The summed E-state index contributed by atoms with van der Waals surface area (Å²) in [7, 11) is 0. The number of halogens is 1. The van der Waals surface area contributed by atoms with Crippen molar-refractivity contribution in [1.29, 1.82) is 0 Å². The summed E-state index contributed by atoms with van der Waals surface area (Å²) in [5, 5.41) is 4.47. The van der Waals surface area contributed by atoms with Crippen LogP contribution < -0.4 is 0 Å². The van der Waals surface area contributed by atoms with Gasteiger partial charge in [-0.25, -0.2) is 0 Å². The Morgan fingerprint density at radius 2 is 2.21 bits per heavy atom. The maximum absolute atomic E-state index is 11.7. The molecular weight excluding hydrogens is 264 g/mol. The molecule has 4 nitrogen and oxygen atoms in total. The Bertz CT molecular complexity index is 578. The van der Waals surface area contributed by atoms with Crippen molar-refractivity contribution in [2.75, 3.05) is 0 Å². The Morgan fingerprint density at radius 1 is 1.42 bits per heavy atom. The topological polar surface area (TPSA) is 56.0 Å². The van der Waals surface area contributed by atoms with Gasteiger partial charge >= 0.3 is 0 Å². The highest BCUT2D eigenvalue weighted by molar-refractivity contribution is 6.30. The van der Waals surface area contributed by atoms with Crippen molar-refractivity contribution in [3.05, 3.63) is 35.2 Å². The first kappa shape index (κ1) is 13.7. The SMILES string of the molecule is CC(C)CC(=O)Cc1nc(-c2cccc(Cl)c2)no1. The van der Waals surface area contributed by atoms with Gasteiger partial charge in [0.05, 0.1) is 6.42 Å². The molecule has 0 radical (unpaired) electrons. The summed E-state index contributed by atoms with van der Waals surface area (Å²) in [4.78, 5) is 15.9. The maximum Gasteiger partial charge on any atom is 0.234 e. The van der Waals surface area contributed by atoms with E-state index in [9.17, 15) is 4.79 Å². The summed E-state index contributed by atoms with van der Waals surface area (Å²) in [6.07, 6.45) is 0.709. The van der Waals surface area contributed by atoms with Gasteiger partial charge in [-0.3, -0.25) is 4.79 Å². The van der Waals surface area contributed by atoms with E-state index in [1.807, 2.05) is 26.0 Å². The van der Waals surface area contributed by atoms with Crippen LogP contribution in [0.4, 0.5) is 0 Å². The molecule has 0 amide bonds. The van der Waals surface area contributed by atoms with Crippen LogP contribution in [-0.2, 0) is 11.2 Å². The highest BCUT2D eigenvalue weighted by atomic mass is 35.5. The van der Waals surface area contributed by atoms with Crippen LogP contribution in [0.1, 0.15) is 26.2 Å². The number of hydrogen-bond acceptors (Lipinski definition) is 4. The predicted molar refractivity (Wildman–Crippen MR) is 72.9 cm³/mol. The average molecular weight is 279 g/mol. The molecule has 1 aromatic heterocycles. The van der Waals surface area contributed by atoms with Gasteiger partial charge in [-0.2, -0.15) is 4.98 Å². The summed E-state index contributed by atoms with van der Waals surface area (Å²) in [5.74, 6) is 1.24. The molecule has 0 aliphatic rings. The van der Waals surface area contributed by atoms with Gasteiger partial charge in [-0.15, -0.1) is 0 Å². The minimum absolute atomic E-state index is 0.108. The molecule has 5 heteroatoms. The van der Waals surface area contributed by atoms with Gasteiger partial charge < -0.3 is 4.52 Å². The van der Waals surface area contributed by atoms with Gasteiger partial charge in [0.1, 0.15) is 5.78 Å². The van der Waals surface area contributed by atoms with Crippen LogP contribution in [0.2, 0.25) is 5.02 Å². The summed E-state index contributed by atoms with van der Waals surface area (Å²) < 4.78 is 5.09. The van der Waals surface area contributed by atoms with E-state index in [0.29, 0.717) is 29.1 Å². The molecular formula is C14H15ClN2O2. The van der Waals surface area contributed by atoms with E-state index in [-0.39, 0.29) is 12.2 Å². The molecule has 0 bridgehead atoms. The number of rotatable bonds is 5. The second-order valence-electron chi connectivity index (χ2n) is 4.84. The van der Waals surface area contributed by atoms with Crippen molar-refractivity contribution in [1.82, 2.24) is 10.1 Å². The minimum atomic E-state index is 0.108. The lowest BCUT2D eigenvalue weighted by atomic mass is 10.1. The smallest absolute Gasteiger partial charge is 0.234 e. The van der Waals surface area contributed by atoms with Crippen molar-refractivity contribution in [2.45, 2.75) is 26.7 Å². The van der Waals surface area contributed by atoms with E-state index in [1.165, 1.54) is 0 Å². The molecule has 0 atom stereocenters. The van der Waals surface area contributed by atoms with Crippen molar-refractivity contribution in [3.8, 4) is 11.4 Å². The van der Waals surface area contributed by atoms with E-state index in [2.05, 4.69) is 10.1 Å². The average Bonchev–Trinajstić information content (AvgIpc) is 2.76. The largest absolute Gasteiger partial charge is 0.339 e. The minimum Gasteiger partial charge on any atom is -0.339 e. The fourth-order valence-electron chi connectivity index (χ4n) is 1.77. The van der Waals surface area contributed by atoms with Crippen molar-refractivity contribution < 1.29 is 9.32 Å². The molecule has 0 N–H and O–H groups in total. The van der Waals surface area contributed by atoms with Gasteiger partial charge in [-0.1, -0.05) is 42.7 Å². The summed E-state index contributed by atoms with van der Waals surface area (Å²) in [6.45, 7) is 4.01. The van der Waals surface area contributed by atoms with Crippen molar-refractivity contribution in [2.24, 2.45) is 5.92 Å². The number of nitrogens with zero attached hydrogens (tertiary/aromatic N) is 2.